The first kappa shape index (κ1) is 23.5. The third kappa shape index (κ3) is 5.64. The third-order valence-corrected chi connectivity index (χ3v) is 6.55. The minimum Gasteiger partial charge on any atom is -0.467 e. The molecule has 0 saturated heterocycles. The summed E-state index contributed by atoms with van der Waals surface area (Å²) in [4.78, 5) is 29.9. The minimum atomic E-state index is -0.918. The zero-order valence-corrected chi connectivity index (χ0v) is 20.2. The Hall–Kier alpha value is -3.64. The number of rotatable bonds is 9. The second-order valence-electron chi connectivity index (χ2n) is 8.25. The predicted octanol–water partition coefficient (Wildman–Crippen LogP) is 5.63. The first-order valence-electron chi connectivity index (χ1n) is 11.3. The Morgan fingerprint density at radius 3 is 2.53 bits per heavy atom. The fourth-order valence-corrected chi connectivity index (χ4v) is 4.63. The summed E-state index contributed by atoms with van der Waals surface area (Å²) in [5, 5.41) is 4.98. The van der Waals surface area contributed by atoms with Gasteiger partial charge in [0.1, 0.15) is 5.76 Å². The van der Waals surface area contributed by atoms with Crippen molar-refractivity contribution in [1.82, 2.24) is 5.32 Å². The lowest BCUT2D eigenvalue weighted by Gasteiger charge is -2.31. The topological polar surface area (TPSA) is 62.6 Å². The molecule has 2 aromatic carbocycles. The van der Waals surface area contributed by atoms with Crippen LogP contribution in [0.15, 0.2) is 88.9 Å². The van der Waals surface area contributed by atoms with Gasteiger partial charge in [0.05, 0.1) is 12.7 Å². The third-order valence-electron chi connectivity index (χ3n) is 5.67. The van der Waals surface area contributed by atoms with E-state index in [4.69, 9.17) is 4.42 Å². The maximum atomic E-state index is 13.7. The second kappa shape index (κ2) is 11.0. The second-order valence-corrected chi connectivity index (χ2v) is 9.29. The molecule has 34 heavy (non-hydrogen) atoms. The van der Waals surface area contributed by atoms with Crippen molar-refractivity contribution in [3.8, 4) is 0 Å². The molecule has 0 aliphatic heterocycles. The molecule has 0 fully saturated rings. The fraction of sp³-hybridized carbons (Fsp3) is 0.214. The summed E-state index contributed by atoms with van der Waals surface area (Å²) in [5.41, 5.74) is 3.77. The van der Waals surface area contributed by atoms with E-state index in [-0.39, 0.29) is 18.2 Å². The number of anilines is 1. The van der Waals surface area contributed by atoms with Gasteiger partial charge in [-0.15, -0.1) is 11.3 Å². The zero-order valence-electron chi connectivity index (χ0n) is 19.4. The highest BCUT2D eigenvalue weighted by molar-refractivity contribution is 7.10. The number of hydrogen-bond acceptors (Lipinski definition) is 4. The summed E-state index contributed by atoms with van der Waals surface area (Å²) < 4.78 is 5.69. The summed E-state index contributed by atoms with van der Waals surface area (Å²) in [7, 11) is 0. The van der Waals surface area contributed by atoms with Crippen molar-refractivity contribution in [2.45, 2.75) is 32.7 Å². The van der Waals surface area contributed by atoms with Crippen LogP contribution in [-0.4, -0.2) is 18.4 Å². The van der Waals surface area contributed by atoms with Gasteiger partial charge in [0.25, 0.3) is 5.91 Å². The highest BCUT2D eigenvalue weighted by atomic mass is 32.1. The van der Waals surface area contributed by atoms with E-state index in [1.807, 2.05) is 79.9 Å². The zero-order chi connectivity index (χ0) is 23.9. The van der Waals surface area contributed by atoms with Crippen molar-refractivity contribution in [3.63, 3.8) is 0 Å². The van der Waals surface area contributed by atoms with E-state index in [1.165, 1.54) is 17.6 Å². The molecule has 2 heterocycles. The summed E-state index contributed by atoms with van der Waals surface area (Å²) in [5.74, 6) is -0.000256. The molecule has 1 unspecified atom stereocenters. The van der Waals surface area contributed by atoms with Crippen molar-refractivity contribution in [1.29, 1.82) is 0 Å². The quantitative estimate of drug-likeness (QED) is 0.343. The van der Waals surface area contributed by atoms with Crippen LogP contribution in [0.1, 0.15) is 33.4 Å². The monoisotopic (exact) mass is 472 g/mol. The van der Waals surface area contributed by atoms with E-state index in [0.29, 0.717) is 24.4 Å². The largest absolute Gasteiger partial charge is 0.467 e. The standard InChI is InChI=1S/C28H28N2O3S/c1-20-12-13-21(2)24(18-20)30(26(31)19-23-10-7-17-34-23)27(25-11-6-16-33-25)28(32)29-15-14-22-8-4-3-5-9-22/h3-13,16-18,27H,14-15,19H2,1-2H3,(H,29,32). The number of hydrogen-bond donors (Lipinski definition) is 1. The Balaban J connectivity index is 1.67. The van der Waals surface area contributed by atoms with Crippen LogP contribution in [0.3, 0.4) is 0 Å². The number of aryl methyl sites for hydroxylation is 2. The van der Waals surface area contributed by atoms with Crippen LogP contribution < -0.4 is 10.2 Å². The maximum Gasteiger partial charge on any atom is 0.251 e. The number of nitrogens with zero attached hydrogens (tertiary/aromatic N) is 1. The van der Waals surface area contributed by atoms with E-state index in [9.17, 15) is 9.59 Å². The number of thiophene rings is 1. The SMILES string of the molecule is Cc1ccc(C)c(N(C(=O)Cc2cccs2)C(C(=O)NCCc2ccccc2)c2ccco2)c1. The lowest BCUT2D eigenvalue weighted by molar-refractivity contribution is -0.126. The number of benzene rings is 2. The predicted molar refractivity (Wildman–Crippen MR) is 136 cm³/mol. The Bertz CT molecular complexity index is 1220. The van der Waals surface area contributed by atoms with Crippen molar-refractivity contribution in [2.75, 3.05) is 11.4 Å². The molecule has 174 valence electrons. The summed E-state index contributed by atoms with van der Waals surface area (Å²) in [6.07, 6.45) is 2.44. The van der Waals surface area contributed by atoms with Gasteiger partial charge < -0.3 is 9.73 Å². The van der Waals surface area contributed by atoms with Crippen LogP contribution in [0.25, 0.3) is 0 Å². The Kier molecular flexibility index (Phi) is 7.60. The van der Waals surface area contributed by atoms with Crippen LogP contribution in [0, 0.1) is 13.8 Å². The molecule has 2 amide bonds. The van der Waals surface area contributed by atoms with Crippen molar-refractivity contribution in [3.05, 3.63) is 112 Å². The number of carbonyl (C=O) groups is 2. The van der Waals surface area contributed by atoms with Crippen molar-refractivity contribution in [2.24, 2.45) is 0 Å². The van der Waals surface area contributed by atoms with Gasteiger partial charge in [0.2, 0.25) is 5.91 Å². The Morgan fingerprint density at radius 2 is 1.82 bits per heavy atom. The first-order valence-corrected chi connectivity index (χ1v) is 12.2. The summed E-state index contributed by atoms with van der Waals surface area (Å²) >= 11 is 1.53. The van der Waals surface area contributed by atoms with Crippen molar-refractivity contribution >= 4 is 28.8 Å². The van der Waals surface area contributed by atoms with E-state index in [0.717, 1.165) is 21.6 Å². The molecule has 0 radical (unpaired) electrons. The van der Waals surface area contributed by atoms with Crippen molar-refractivity contribution < 1.29 is 14.0 Å². The Morgan fingerprint density at radius 1 is 1.00 bits per heavy atom. The van der Waals surface area contributed by atoms with E-state index >= 15 is 0 Å². The van der Waals surface area contributed by atoms with Gasteiger partial charge in [0.15, 0.2) is 6.04 Å². The molecule has 0 spiro atoms. The van der Waals surface area contributed by atoms with Gasteiger partial charge in [-0.3, -0.25) is 14.5 Å². The smallest absolute Gasteiger partial charge is 0.251 e. The lowest BCUT2D eigenvalue weighted by atomic mass is 10.0. The molecule has 4 aromatic rings. The van der Waals surface area contributed by atoms with Gasteiger partial charge in [-0.05, 0) is 66.6 Å². The molecule has 4 rings (SSSR count). The highest BCUT2D eigenvalue weighted by Gasteiger charge is 2.35. The fourth-order valence-electron chi connectivity index (χ4n) is 3.94. The molecular weight excluding hydrogens is 444 g/mol. The van der Waals surface area contributed by atoms with E-state index < -0.39 is 6.04 Å². The van der Waals surface area contributed by atoms with Gasteiger partial charge in [-0.25, -0.2) is 0 Å². The van der Waals surface area contributed by atoms with Gasteiger partial charge in [-0.2, -0.15) is 0 Å². The highest BCUT2D eigenvalue weighted by Crippen LogP contribution is 2.32. The molecule has 1 atom stereocenters. The number of carbonyl (C=O) groups excluding carboxylic acids is 2. The molecule has 6 heteroatoms. The van der Waals surface area contributed by atoms with Crippen LogP contribution >= 0.6 is 11.3 Å². The van der Waals surface area contributed by atoms with Crippen LogP contribution in [0.5, 0.6) is 0 Å². The molecule has 2 aromatic heterocycles. The average Bonchev–Trinajstić information content (AvgIpc) is 3.54. The lowest BCUT2D eigenvalue weighted by Crippen LogP contribution is -2.45. The van der Waals surface area contributed by atoms with Gasteiger partial charge in [-0.1, -0.05) is 48.5 Å². The summed E-state index contributed by atoms with van der Waals surface area (Å²) in [6.45, 7) is 4.39. The van der Waals surface area contributed by atoms with Gasteiger partial charge >= 0.3 is 0 Å². The van der Waals surface area contributed by atoms with Crippen LogP contribution in [-0.2, 0) is 22.4 Å². The molecular formula is C28H28N2O3S. The molecule has 1 N–H and O–H groups in total. The average molecular weight is 473 g/mol. The molecule has 5 nitrogen and oxygen atoms in total. The summed E-state index contributed by atoms with van der Waals surface area (Å²) in [6, 6.07) is 22.4. The van der Waals surface area contributed by atoms with E-state index in [2.05, 4.69) is 5.32 Å². The Labute approximate surface area is 204 Å². The van der Waals surface area contributed by atoms with Gasteiger partial charge in [0, 0.05) is 17.1 Å². The molecule has 0 aliphatic carbocycles. The minimum absolute atomic E-state index is 0.157. The number of nitrogens with one attached hydrogen (secondary N) is 1. The van der Waals surface area contributed by atoms with Crippen LogP contribution in [0.2, 0.25) is 0 Å². The normalized spacial score (nSPS) is 11.7. The maximum absolute atomic E-state index is 13.7. The van der Waals surface area contributed by atoms with E-state index in [1.54, 1.807) is 17.0 Å². The number of furan rings is 1. The molecule has 0 saturated carbocycles. The molecule has 0 bridgehead atoms. The molecule has 0 aliphatic rings. The van der Waals surface area contributed by atoms with Crippen LogP contribution in [0.4, 0.5) is 5.69 Å². The number of amides is 2. The first-order chi connectivity index (χ1) is 16.5.